The highest BCUT2D eigenvalue weighted by atomic mass is 16.5. The van der Waals surface area contributed by atoms with Gasteiger partial charge in [0, 0.05) is 24.2 Å². The topological polar surface area (TPSA) is 89.5 Å². The second-order valence-electron chi connectivity index (χ2n) is 6.43. The molecule has 2 aromatic rings. The van der Waals surface area contributed by atoms with E-state index in [1.54, 1.807) is 17.0 Å². The molecule has 0 bridgehead atoms. The smallest absolute Gasteiger partial charge is 0.245 e. The summed E-state index contributed by atoms with van der Waals surface area (Å²) < 4.78 is 15.9. The molecule has 0 spiro atoms. The van der Waals surface area contributed by atoms with Gasteiger partial charge in [-0.05, 0) is 24.3 Å². The molecule has 0 aromatic heterocycles. The summed E-state index contributed by atoms with van der Waals surface area (Å²) in [6.07, 6.45) is 1.63. The van der Waals surface area contributed by atoms with Crippen molar-refractivity contribution < 1.29 is 23.8 Å². The maximum absolute atomic E-state index is 12.4. The number of methoxy groups -OCH3 is 3. The number of nitrogens with one attached hydrogen (secondary N) is 1. The molecule has 2 aromatic carbocycles. The highest BCUT2D eigenvalue weighted by Crippen LogP contribution is 2.37. The van der Waals surface area contributed by atoms with E-state index in [-0.39, 0.29) is 18.2 Å². The average molecular weight is 397 g/mol. The number of benzene rings is 2. The van der Waals surface area contributed by atoms with Gasteiger partial charge < -0.3 is 19.1 Å². The average Bonchev–Trinajstić information content (AvgIpc) is 3.15. The standard InChI is InChI=1S/C21H23N3O5/c1-27-17-9-14(10-18(28-2)20(17)29-3)12-22-23-21(26)15-11-19(25)24(13-15)16-7-5-4-6-8-16/h4-10,12,15H,11,13H2,1-3H3,(H,23,26)/b22-12-/t15-/m1/s1. The molecular weight excluding hydrogens is 374 g/mol. The minimum atomic E-state index is -0.459. The van der Waals surface area contributed by atoms with Gasteiger partial charge in [-0.25, -0.2) is 5.43 Å². The van der Waals surface area contributed by atoms with E-state index in [9.17, 15) is 9.59 Å². The molecule has 8 heteroatoms. The van der Waals surface area contributed by atoms with Crippen LogP contribution in [0.25, 0.3) is 0 Å². The lowest BCUT2D eigenvalue weighted by Gasteiger charge is -2.16. The van der Waals surface area contributed by atoms with Crippen LogP contribution in [-0.2, 0) is 9.59 Å². The fourth-order valence-electron chi connectivity index (χ4n) is 3.18. The molecule has 2 amide bonds. The molecule has 0 aliphatic carbocycles. The highest BCUT2D eigenvalue weighted by Gasteiger charge is 2.35. The number of hydrogen-bond donors (Lipinski definition) is 1. The van der Waals surface area contributed by atoms with Gasteiger partial charge in [0.05, 0.1) is 33.5 Å². The van der Waals surface area contributed by atoms with Gasteiger partial charge in [-0.15, -0.1) is 0 Å². The van der Waals surface area contributed by atoms with Crippen molar-refractivity contribution in [3.63, 3.8) is 0 Å². The molecule has 1 saturated heterocycles. The van der Waals surface area contributed by atoms with Gasteiger partial charge in [0.25, 0.3) is 0 Å². The monoisotopic (exact) mass is 397 g/mol. The van der Waals surface area contributed by atoms with E-state index in [0.29, 0.717) is 29.4 Å². The molecular formula is C21H23N3O5. The molecule has 3 rings (SSSR count). The molecule has 0 unspecified atom stereocenters. The van der Waals surface area contributed by atoms with Crippen molar-refractivity contribution in [2.45, 2.75) is 6.42 Å². The van der Waals surface area contributed by atoms with Crippen LogP contribution in [-0.4, -0.2) is 45.9 Å². The minimum Gasteiger partial charge on any atom is -0.493 e. The van der Waals surface area contributed by atoms with E-state index in [1.807, 2.05) is 30.3 Å². The third-order valence-corrected chi connectivity index (χ3v) is 4.64. The number of anilines is 1. The predicted octanol–water partition coefficient (Wildman–Crippen LogP) is 2.22. The van der Waals surface area contributed by atoms with E-state index in [0.717, 1.165) is 5.69 Å². The van der Waals surface area contributed by atoms with E-state index >= 15 is 0 Å². The number of carbonyl (C=O) groups excluding carboxylic acids is 2. The van der Waals surface area contributed by atoms with E-state index in [4.69, 9.17) is 14.2 Å². The van der Waals surface area contributed by atoms with Crippen LogP contribution < -0.4 is 24.5 Å². The Bertz CT molecular complexity index is 889. The predicted molar refractivity (Wildman–Crippen MR) is 109 cm³/mol. The third kappa shape index (κ3) is 4.48. The maximum atomic E-state index is 12.4. The Kier molecular flexibility index (Phi) is 6.33. The van der Waals surface area contributed by atoms with Gasteiger partial charge in [-0.2, -0.15) is 5.10 Å². The third-order valence-electron chi connectivity index (χ3n) is 4.64. The molecule has 1 atom stereocenters. The number of nitrogens with zero attached hydrogens (tertiary/aromatic N) is 2. The zero-order valence-corrected chi connectivity index (χ0v) is 16.5. The highest BCUT2D eigenvalue weighted by molar-refractivity contribution is 6.00. The molecule has 1 aliphatic rings. The molecule has 1 aliphatic heterocycles. The molecule has 1 heterocycles. The number of ether oxygens (including phenoxy) is 3. The second kappa shape index (κ2) is 9.09. The van der Waals surface area contributed by atoms with Gasteiger partial charge in [-0.3, -0.25) is 9.59 Å². The summed E-state index contributed by atoms with van der Waals surface area (Å²) in [7, 11) is 4.57. The fraction of sp³-hybridized carbons (Fsp3) is 0.286. The minimum absolute atomic E-state index is 0.0787. The molecule has 0 radical (unpaired) electrons. The van der Waals surface area contributed by atoms with Gasteiger partial charge in [0.15, 0.2) is 11.5 Å². The summed E-state index contributed by atoms with van der Waals surface area (Å²) in [6.45, 7) is 0.328. The lowest BCUT2D eigenvalue weighted by atomic mass is 10.1. The Morgan fingerprint density at radius 3 is 2.34 bits per heavy atom. The number of hydrogen-bond acceptors (Lipinski definition) is 6. The Labute approximate surface area is 169 Å². The molecule has 152 valence electrons. The van der Waals surface area contributed by atoms with Crippen LogP contribution in [0.3, 0.4) is 0 Å². The summed E-state index contributed by atoms with van der Waals surface area (Å²) in [5.74, 6) is 0.603. The summed E-state index contributed by atoms with van der Waals surface area (Å²) >= 11 is 0. The van der Waals surface area contributed by atoms with E-state index < -0.39 is 5.92 Å². The Balaban J connectivity index is 1.65. The maximum Gasteiger partial charge on any atom is 0.245 e. The van der Waals surface area contributed by atoms with Crippen molar-refractivity contribution in [1.29, 1.82) is 0 Å². The van der Waals surface area contributed by atoms with Crippen LogP contribution >= 0.6 is 0 Å². The van der Waals surface area contributed by atoms with Crippen LogP contribution in [0.15, 0.2) is 47.6 Å². The summed E-state index contributed by atoms with van der Waals surface area (Å²) in [4.78, 5) is 26.3. The zero-order valence-electron chi connectivity index (χ0n) is 16.5. The van der Waals surface area contributed by atoms with Gasteiger partial charge in [0.1, 0.15) is 0 Å². The summed E-state index contributed by atoms with van der Waals surface area (Å²) in [5, 5.41) is 4.01. The normalized spacial score (nSPS) is 16.2. The van der Waals surface area contributed by atoms with Crippen molar-refractivity contribution in [3.05, 3.63) is 48.0 Å². The van der Waals surface area contributed by atoms with Crippen LogP contribution in [0.2, 0.25) is 0 Å². The molecule has 1 N–H and O–H groups in total. The van der Waals surface area contributed by atoms with Crippen LogP contribution in [0.1, 0.15) is 12.0 Å². The first-order valence-corrected chi connectivity index (χ1v) is 9.05. The number of para-hydroxylation sites is 1. The first kappa shape index (κ1) is 20.2. The van der Waals surface area contributed by atoms with Crippen molar-refractivity contribution in [2.75, 3.05) is 32.8 Å². The first-order valence-electron chi connectivity index (χ1n) is 9.05. The second-order valence-corrected chi connectivity index (χ2v) is 6.43. The Hall–Kier alpha value is -3.55. The van der Waals surface area contributed by atoms with Crippen molar-refractivity contribution in [2.24, 2.45) is 11.0 Å². The van der Waals surface area contributed by atoms with Crippen LogP contribution in [0.5, 0.6) is 17.2 Å². The number of rotatable bonds is 7. The van der Waals surface area contributed by atoms with Gasteiger partial charge in [-0.1, -0.05) is 18.2 Å². The largest absolute Gasteiger partial charge is 0.493 e. The zero-order chi connectivity index (χ0) is 20.8. The number of amides is 2. The lowest BCUT2D eigenvalue weighted by Crippen LogP contribution is -2.30. The van der Waals surface area contributed by atoms with Crippen molar-refractivity contribution in [1.82, 2.24) is 5.43 Å². The van der Waals surface area contributed by atoms with E-state index in [1.165, 1.54) is 27.5 Å². The molecule has 0 saturated carbocycles. The SMILES string of the molecule is COc1cc(/C=N\NC(=O)[C@@H]2CC(=O)N(c3ccccc3)C2)cc(OC)c1OC. The van der Waals surface area contributed by atoms with Crippen molar-refractivity contribution >= 4 is 23.7 Å². The molecule has 1 fully saturated rings. The first-order chi connectivity index (χ1) is 14.1. The van der Waals surface area contributed by atoms with Gasteiger partial charge >= 0.3 is 0 Å². The number of hydrazone groups is 1. The number of carbonyl (C=O) groups is 2. The van der Waals surface area contributed by atoms with Crippen LogP contribution in [0, 0.1) is 5.92 Å². The Morgan fingerprint density at radius 2 is 1.76 bits per heavy atom. The quantitative estimate of drug-likeness (QED) is 0.572. The van der Waals surface area contributed by atoms with Crippen LogP contribution in [0.4, 0.5) is 5.69 Å². The molecule has 8 nitrogen and oxygen atoms in total. The fourth-order valence-corrected chi connectivity index (χ4v) is 3.18. The lowest BCUT2D eigenvalue weighted by molar-refractivity contribution is -0.126. The molecule has 29 heavy (non-hydrogen) atoms. The van der Waals surface area contributed by atoms with Crippen molar-refractivity contribution in [3.8, 4) is 17.2 Å². The Morgan fingerprint density at radius 1 is 1.10 bits per heavy atom. The van der Waals surface area contributed by atoms with Gasteiger partial charge in [0.2, 0.25) is 17.6 Å². The van der Waals surface area contributed by atoms with E-state index in [2.05, 4.69) is 10.5 Å². The summed E-state index contributed by atoms with van der Waals surface area (Å²) in [6, 6.07) is 12.7. The summed E-state index contributed by atoms with van der Waals surface area (Å²) in [5.41, 5.74) is 3.95.